The monoisotopic (exact) mass is 274 g/mol. The van der Waals surface area contributed by atoms with Crippen molar-refractivity contribution in [2.75, 3.05) is 13.1 Å². The first-order valence-corrected chi connectivity index (χ1v) is 7.99. The Hall–Kier alpha value is -1.06. The molecule has 1 saturated heterocycles. The van der Waals surface area contributed by atoms with E-state index in [2.05, 4.69) is 4.90 Å². The van der Waals surface area contributed by atoms with E-state index in [1.54, 1.807) is 12.1 Å². The van der Waals surface area contributed by atoms with Gasteiger partial charge >= 0.3 is 0 Å². The van der Waals surface area contributed by atoms with E-state index >= 15 is 0 Å². The Kier molecular flexibility index (Phi) is 3.99. The van der Waals surface area contributed by atoms with E-state index in [0.717, 1.165) is 6.42 Å². The van der Waals surface area contributed by atoms with E-state index in [-0.39, 0.29) is 11.6 Å². The van der Waals surface area contributed by atoms with Gasteiger partial charge in [0.05, 0.1) is 0 Å². The van der Waals surface area contributed by atoms with Crippen LogP contribution in [0.25, 0.3) is 0 Å². The quantitative estimate of drug-likeness (QED) is 0.887. The minimum atomic E-state index is 0.202. The summed E-state index contributed by atoms with van der Waals surface area (Å²) in [6.45, 7) is 2.45. The van der Waals surface area contributed by atoms with E-state index in [4.69, 9.17) is 5.73 Å². The summed E-state index contributed by atoms with van der Waals surface area (Å²) >= 11 is 0. The maximum Gasteiger partial charge on any atom is 0.115 e. The van der Waals surface area contributed by atoms with Gasteiger partial charge in [-0.1, -0.05) is 25.0 Å². The molecule has 1 unspecified atom stereocenters. The van der Waals surface area contributed by atoms with Crippen LogP contribution in [0.4, 0.5) is 0 Å². The summed E-state index contributed by atoms with van der Waals surface area (Å²) in [5.41, 5.74) is 8.13. The van der Waals surface area contributed by atoms with Crippen molar-refractivity contribution >= 4 is 0 Å². The van der Waals surface area contributed by atoms with Crippen LogP contribution in [0.15, 0.2) is 24.3 Å². The van der Waals surface area contributed by atoms with Crippen LogP contribution in [-0.4, -0.2) is 34.7 Å². The number of rotatable bonds is 4. The zero-order chi connectivity index (χ0) is 14.0. The zero-order valence-electron chi connectivity index (χ0n) is 12.2. The van der Waals surface area contributed by atoms with Gasteiger partial charge in [0.2, 0.25) is 0 Å². The molecule has 0 aromatic heterocycles. The second-order valence-corrected chi connectivity index (χ2v) is 6.48. The molecule has 1 saturated carbocycles. The number of nitrogens with two attached hydrogens (primary N) is 1. The van der Waals surface area contributed by atoms with Gasteiger partial charge in [-0.2, -0.15) is 0 Å². The highest BCUT2D eigenvalue weighted by Crippen LogP contribution is 2.40. The van der Waals surface area contributed by atoms with Crippen molar-refractivity contribution in [1.82, 2.24) is 4.90 Å². The number of nitrogens with zero attached hydrogens (tertiary/aromatic N) is 1. The first kappa shape index (κ1) is 13.9. The van der Waals surface area contributed by atoms with E-state index in [9.17, 15) is 5.11 Å². The smallest absolute Gasteiger partial charge is 0.115 e. The largest absolute Gasteiger partial charge is 0.508 e. The van der Waals surface area contributed by atoms with Crippen LogP contribution < -0.4 is 5.73 Å². The van der Waals surface area contributed by atoms with Crippen LogP contribution in [0.2, 0.25) is 0 Å². The predicted octanol–water partition coefficient (Wildman–Crippen LogP) is 2.67. The van der Waals surface area contributed by atoms with Gasteiger partial charge in [0, 0.05) is 11.6 Å². The van der Waals surface area contributed by atoms with Gasteiger partial charge in [-0.15, -0.1) is 0 Å². The average molecular weight is 274 g/mol. The Morgan fingerprint density at radius 1 is 1.05 bits per heavy atom. The molecule has 2 fully saturated rings. The first-order chi connectivity index (χ1) is 9.71. The van der Waals surface area contributed by atoms with Crippen molar-refractivity contribution in [3.63, 3.8) is 0 Å². The highest BCUT2D eigenvalue weighted by Gasteiger charge is 2.44. The van der Waals surface area contributed by atoms with Crippen molar-refractivity contribution in [1.29, 1.82) is 0 Å². The summed E-state index contributed by atoms with van der Waals surface area (Å²) < 4.78 is 0. The van der Waals surface area contributed by atoms with Crippen LogP contribution in [0.1, 0.15) is 44.1 Å². The van der Waals surface area contributed by atoms with Gasteiger partial charge in [0.15, 0.2) is 0 Å². The van der Waals surface area contributed by atoms with Crippen LogP contribution in [0.3, 0.4) is 0 Å². The van der Waals surface area contributed by atoms with E-state index < -0.39 is 0 Å². The van der Waals surface area contributed by atoms with Crippen molar-refractivity contribution in [3.05, 3.63) is 29.8 Å². The third-order valence-electron chi connectivity index (χ3n) is 5.29. The van der Waals surface area contributed by atoms with Gasteiger partial charge < -0.3 is 10.8 Å². The molecule has 3 heteroatoms. The fourth-order valence-corrected chi connectivity index (χ4v) is 4.15. The van der Waals surface area contributed by atoms with Crippen molar-refractivity contribution in [3.8, 4) is 5.75 Å². The van der Waals surface area contributed by atoms with E-state index in [0.29, 0.717) is 5.75 Å². The molecule has 1 aromatic rings. The molecule has 1 aliphatic carbocycles. The number of likely N-dealkylation sites (tertiary alicyclic amines) is 1. The lowest BCUT2D eigenvalue weighted by Gasteiger charge is -2.43. The second kappa shape index (κ2) is 5.74. The van der Waals surface area contributed by atoms with Crippen molar-refractivity contribution < 1.29 is 5.11 Å². The average Bonchev–Trinajstić information content (AvgIpc) is 3.12. The Labute approximate surface area is 121 Å². The molecule has 110 valence electrons. The molecule has 0 amide bonds. The van der Waals surface area contributed by atoms with Gasteiger partial charge in [-0.05, 0) is 62.9 Å². The molecule has 3 rings (SSSR count). The fourth-order valence-electron chi connectivity index (χ4n) is 4.15. The van der Waals surface area contributed by atoms with Gasteiger partial charge in [0.25, 0.3) is 0 Å². The molecule has 1 aliphatic heterocycles. The maximum absolute atomic E-state index is 9.39. The molecular weight excluding hydrogens is 248 g/mol. The molecule has 1 aromatic carbocycles. The van der Waals surface area contributed by atoms with Crippen molar-refractivity contribution in [2.24, 2.45) is 5.73 Å². The van der Waals surface area contributed by atoms with Crippen molar-refractivity contribution in [2.45, 2.75) is 56.5 Å². The number of phenolic OH excluding ortho intramolecular Hbond substituents is 1. The SMILES string of the molecule is NC(Cc1ccc(O)cc1)C1(N2CCCC2)CCCC1. The molecule has 3 N–H and O–H groups in total. The molecule has 0 spiro atoms. The second-order valence-electron chi connectivity index (χ2n) is 6.48. The summed E-state index contributed by atoms with van der Waals surface area (Å²) in [4.78, 5) is 2.67. The third kappa shape index (κ3) is 2.57. The molecule has 0 radical (unpaired) electrons. The lowest BCUT2D eigenvalue weighted by atomic mass is 9.83. The van der Waals surface area contributed by atoms with Crippen LogP contribution >= 0.6 is 0 Å². The van der Waals surface area contributed by atoms with E-state index in [1.807, 2.05) is 12.1 Å². The maximum atomic E-state index is 9.39. The van der Waals surface area contributed by atoms with Crippen LogP contribution in [0, 0.1) is 0 Å². The Bertz CT molecular complexity index is 431. The summed E-state index contributed by atoms with van der Waals surface area (Å²) in [7, 11) is 0. The number of hydrogen-bond donors (Lipinski definition) is 2. The normalized spacial score (nSPS) is 24.1. The zero-order valence-corrected chi connectivity index (χ0v) is 12.2. The first-order valence-electron chi connectivity index (χ1n) is 7.99. The molecular formula is C17H26N2O. The molecule has 2 aliphatic rings. The number of aromatic hydroxyl groups is 1. The predicted molar refractivity (Wildman–Crippen MR) is 81.8 cm³/mol. The molecule has 1 atom stereocenters. The molecule has 3 nitrogen and oxygen atoms in total. The minimum Gasteiger partial charge on any atom is -0.508 e. The Morgan fingerprint density at radius 3 is 2.25 bits per heavy atom. The van der Waals surface area contributed by atoms with E-state index in [1.165, 1.54) is 57.2 Å². The molecule has 1 heterocycles. The third-order valence-corrected chi connectivity index (χ3v) is 5.29. The number of hydrogen-bond acceptors (Lipinski definition) is 3. The topological polar surface area (TPSA) is 49.5 Å². The summed E-state index contributed by atoms with van der Waals surface area (Å²) in [5, 5.41) is 9.39. The molecule has 0 bridgehead atoms. The Morgan fingerprint density at radius 2 is 1.65 bits per heavy atom. The lowest BCUT2D eigenvalue weighted by Crippen LogP contribution is -2.58. The summed E-state index contributed by atoms with van der Waals surface area (Å²) in [6, 6.07) is 7.73. The van der Waals surface area contributed by atoms with Crippen LogP contribution in [-0.2, 0) is 6.42 Å². The number of benzene rings is 1. The van der Waals surface area contributed by atoms with Gasteiger partial charge in [0.1, 0.15) is 5.75 Å². The lowest BCUT2D eigenvalue weighted by molar-refractivity contribution is 0.0921. The minimum absolute atomic E-state index is 0.202. The number of phenols is 1. The summed E-state index contributed by atoms with van der Waals surface area (Å²) in [6.07, 6.45) is 8.72. The Balaban J connectivity index is 1.75. The standard InChI is InChI=1S/C17H26N2O/c18-16(13-14-5-7-15(20)8-6-14)17(9-1-2-10-17)19-11-3-4-12-19/h5-8,16,20H,1-4,9-13,18H2. The highest BCUT2D eigenvalue weighted by molar-refractivity contribution is 5.27. The summed E-state index contributed by atoms with van der Waals surface area (Å²) in [5.74, 6) is 0.331. The van der Waals surface area contributed by atoms with Crippen LogP contribution in [0.5, 0.6) is 5.75 Å². The molecule has 20 heavy (non-hydrogen) atoms. The van der Waals surface area contributed by atoms with Gasteiger partial charge in [-0.25, -0.2) is 0 Å². The fraction of sp³-hybridized carbons (Fsp3) is 0.647. The van der Waals surface area contributed by atoms with Gasteiger partial charge in [-0.3, -0.25) is 4.90 Å². The highest BCUT2D eigenvalue weighted by atomic mass is 16.3.